The molecule has 1 nitrogen and oxygen atoms in total. The molecule has 0 bridgehead atoms. The average molecular weight is 206 g/mol. The molecule has 1 aliphatic rings. The Labute approximate surface area is 89.1 Å². The van der Waals surface area contributed by atoms with Gasteiger partial charge in [0.2, 0.25) is 0 Å². The van der Waals surface area contributed by atoms with Gasteiger partial charge in [-0.1, -0.05) is 29.8 Å². The van der Waals surface area contributed by atoms with E-state index in [1.54, 1.807) is 0 Å². The van der Waals surface area contributed by atoms with Crippen LogP contribution in [0.3, 0.4) is 0 Å². The van der Waals surface area contributed by atoms with Gasteiger partial charge in [-0.2, -0.15) is 0 Å². The molecule has 0 spiro atoms. The molecule has 1 aromatic carbocycles. The van der Waals surface area contributed by atoms with Crippen molar-refractivity contribution in [2.24, 2.45) is 4.99 Å². The second-order valence-electron chi connectivity index (χ2n) is 3.41. The van der Waals surface area contributed by atoms with Gasteiger partial charge >= 0.3 is 0 Å². The number of nitrogens with zero attached hydrogens (tertiary/aromatic N) is 1. The van der Waals surface area contributed by atoms with Crippen LogP contribution in [0, 0.1) is 0 Å². The van der Waals surface area contributed by atoms with Crippen LogP contribution in [-0.2, 0) is 0 Å². The van der Waals surface area contributed by atoms with E-state index in [0.717, 1.165) is 24.4 Å². The number of hydrogen-bond acceptors (Lipinski definition) is 1. The maximum Gasteiger partial charge on any atom is 0.0406 e. The van der Waals surface area contributed by atoms with Crippen molar-refractivity contribution in [2.75, 3.05) is 6.54 Å². The molecule has 2 rings (SSSR count). The molecule has 1 aromatic rings. The Morgan fingerprint density at radius 2 is 2.00 bits per heavy atom. The van der Waals surface area contributed by atoms with Crippen molar-refractivity contribution in [3.05, 3.63) is 40.4 Å². The van der Waals surface area contributed by atoms with Gasteiger partial charge in [-0.15, -0.1) is 0 Å². The SMILES string of the molecule is Clc1ccc(/C=C2/C=NCCC2)cc1. The molecule has 14 heavy (non-hydrogen) atoms. The summed E-state index contributed by atoms with van der Waals surface area (Å²) in [5.74, 6) is 0. The lowest BCUT2D eigenvalue weighted by molar-refractivity contribution is 0.826. The minimum Gasteiger partial charge on any atom is -0.293 e. The summed E-state index contributed by atoms with van der Waals surface area (Å²) in [7, 11) is 0. The zero-order valence-corrected chi connectivity index (χ0v) is 8.67. The maximum atomic E-state index is 5.81. The van der Waals surface area contributed by atoms with Gasteiger partial charge in [0, 0.05) is 17.8 Å². The summed E-state index contributed by atoms with van der Waals surface area (Å²) >= 11 is 5.81. The van der Waals surface area contributed by atoms with E-state index in [0.29, 0.717) is 0 Å². The Morgan fingerprint density at radius 1 is 1.21 bits per heavy atom. The summed E-state index contributed by atoms with van der Waals surface area (Å²) in [6.07, 6.45) is 6.43. The lowest BCUT2D eigenvalue weighted by atomic mass is 10.1. The lowest BCUT2D eigenvalue weighted by Gasteiger charge is -2.06. The van der Waals surface area contributed by atoms with E-state index in [1.807, 2.05) is 30.5 Å². The van der Waals surface area contributed by atoms with E-state index >= 15 is 0 Å². The van der Waals surface area contributed by atoms with Crippen molar-refractivity contribution in [2.45, 2.75) is 12.8 Å². The topological polar surface area (TPSA) is 12.4 Å². The summed E-state index contributed by atoms with van der Waals surface area (Å²) < 4.78 is 0. The molecule has 0 saturated heterocycles. The predicted molar refractivity (Wildman–Crippen MR) is 62.0 cm³/mol. The molecule has 72 valence electrons. The highest BCUT2D eigenvalue weighted by molar-refractivity contribution is 6.30. The van der Waals surface area contributed by atoms with Gasteiger partial charge in [0.15, 0.2) is 0 Å². The van der Waals surface area contributed by atoms with Gasteiger partial charge in [0.05, 0.1) is 0 Å². The second kappa shape index (κ2) is 4.43. The van der Waals surface area contributed by atoms with Crippen LogP contribution in [0.15, 0.2) is 34.8 Å². The van der Waals surface area contributed by atoms with E-state index in [1.165, 1.54) is 11.1 Å². The van der Waals surface area contributed by atoms with Crippen LogP contribution in [0.5, 0.6) is 0 Å². The highest BCUT2D eigenvalue weighted by Crippen LogP contribution is 2.15. The monoisotopic (exact) mass is 205 g/mol. The van der Waals surface area contributed by atoms with E-state index in [9.17, 15) is 0 Å². The van der Waals surface area contributed by atoms with Crippen LogP contribution < -0.4 is 0 Å². The van der Waals surface area contributed by atoms with Crippen molar-refractivity contribution in [3.63, 3.8) is 0 Å². The summed E-state index contributed by atoms with van der Waals surface area (Å²) in [5, 5.41) is 0.782. The Balaban J connectivity index is 2.19. The molecule has 0 N–H and O–H groups in total. The Kier molecular flexibility index (Phi) is 3.00. The molecule has 0 radical (unpaired) electrons. The van der Waals surface area contributed by atoms with E-state index < -0.39 is 0 Å². The molecule has 1 aliphatic heterocycles. The van der Waals surface area contributed by atoms with E-state index in [-0.39, 0.29) is 0 Å². The van der Waals surface area contributed by atoms with Crippen molar-refractivity contribution in [3.8, 4) is 0 Å². The molecule has 0 saturated carbocycles. The fourth-order valence-corrected chi connectivity index (χ4v) is 1.63. The quantitative estimate of drug-likeness (QED) is 0.665. The van der Waals surface area contributed by atoms with Crippen LogP contribution in [0.1, 0.15) is 18.4 Å². The number of aliphatic imine (C=N–C) groups is 1. The van der Waals surface area contributed by atoms with Crippen LogP contribution in [0.4, 0.5) is 0 Å². The zero-order valence-electron chi connectivity index (χ0n) is 7.91. The highest BCUT2D eigenvalue weighted by Gasteiger charge is 1.99. The highest BCUT2D eigenvalue weighted by atomic mass is 35.5. The van der Waals surface area contributed by atoms with Gasteiger partial charge in [-0.3, -0.25) is 4.99 Å². The van der Waals surface area contributed by atoms with Crippen molar-refractivity contribution in [1.29, 1.82) is 0 Å². The third-order valence-electron chi connectivity index (χ3n) is 2.23. The molecule has 0 atom stereocenters. The molecule has 0 unspecified atom stereocenters. The fourth-order valence-electron chi connectivity index (χ4n) is 1.50. The fraction of sp³-hybridized carbons (Fsp3) is 0.250. The average Bonchev–Trinajstić information content (AvgIpc) is 2.23. The lowest BCUT2D eigenvalue weighted by Crippen LogP contribution is -1.96. The van der Waals surface area contributed by atoms with Crippen molar-refractivity contribution >= 4 is 23.9 Å². The van der Waals surface area contributed by atoms with Crippen LogP contribution >= 0.6 is 11.6 Å². The number of halogens is 1. The molecule has 0 aromatic heterocycles. The molecule has 0 aliphatic carbocycles. The van der Waals surface area contributed by atoms with Crippen molar-refractivity contribution in [1.82, 2.24) is 0 Å². The first-order chi connectivity index (χ1) is 6.84. The second-order valence-corrected chi connectivity index (χ2v) is 3.85. The number of hydrogen-bond donors (Lipinski definition) is 0. The number of allylic oxidation sites excluding steroid dienone is 1. The van der Waals surface area contributed by atoms with Crippen LogP contribution in [-0.4, -0.2) is 12.8 Å². The van der Waals surface area contributed by atoms with Gasteiger partial charge < -0.3 is 0 Å². The number of benzene rings is 1. The minimum absolute atomic E-state index is 0.782. The Morgan fingerprint density at radius 3 is 2.64 bits per heavy atom. The minimum atomic E-state index is 0.782. The van der Waals surface area contributed by atoms with Gasteiger partial charge in [0.1, 0.15) is 0 Å². The van der Waals surface area contributed by atoms with Crippen molar-refractivity contribution < 1.29 is 0 Å². The van der Waals surface area contributed by atoms with Gasteiger partial charge in [0.25, 0.3) is 0 Å². The molecule has 0 amide bonds. The molecule has 1 heterocycles. The summed E-state index contributed by atoms with van der Waals surface area (Å²) in [4.78, 5) is 4.25. The zero-order chi connectivity index (χ0) is 9.80. The third-order valence-corrected chi connectivity index (χ3v) is 2.48. The van der Waals surface area contributed by atoms with Gasteiger partial charge in [-0.05, 0) is 36.1 Å². The molecular weight excluding hydrogens is 194 g/mol. The Bertz CT molecular complexity index is 362. The normalized spacial score (nSPS) is 18.8. The van der Waals surface area contributed by atoms with Crippen LogP contribution in [0.25, 0.3) is 6.08 Å². The smallest absolute Gasteiger partial charge is 0.0406 e. The first kappa shape index (κ1) is 9.47. The van der Waals surface area contributed by atoms with Crippen LogP contribution in [0.2, 0.25) is 5.02 Å². The van der Waals surface area contributed by atoms with Gasteiger partial charge in [-0.25, -0.2) is 0 Å². The molecular formula is C12H12ClN. The third kappa shape index (κ3) is 2.46. The first-order valence-electron chi connectivity index (χ1n) is 4.80. The summed E-state index contributed by atoms with van der Waals surface area (Å²) in [5.41, 5.74) is 2.50. The number of rotatable bonds is 1. The standard InChI is InChI=1S/C12H12ClN/c13-12-5-3-10(4-6-12)8-11-2-1-7-14-9-11/h3-6,8-9H,1-2,7H2/b11-8+. The first-order valence-corrected chi connectivity index (χ1v) is 5.18. The van der Waals surface area contributed by atoms with E-state index in [4.69, 9.17) is 11.6 Å². The molecule has 0 fully saturated rings. The largest absolute Gasteiger partial charge is 0.293 e. The summed E-state index contributed by atoms with van der Waals surface area (Å²) in [6.45, 7) is 0.970. The molecule has 2 heteroatoms. The Hall–Kier alpha value is -1.08. The predicted octanol–water partition coefficient (Wildman–Crippen LogP) is 3.59. The maximum absolute atomic E-state index is 5.81. The summed E-state index contributed by atoms with van der Waals surface area (Å²) in [6, 6.07) is 7.87. The van der Waals surface area contributed by atoms with E-state index in [2.05, 4.69) is 11.1 Å².